The van der Waals surface area contributed by atoms with Gasteiger partial charge in [-0.2, -0.15) is 0 Å². The molecular weight excluding hydrogens is 171 g/mol. The first kappa shape index (κ1) is 9.51. The number of rotatable bonds is 2. The van der Waals surface area contributed by atoms with E-state index in [4.69, 9.17) is 0 Å². The fourth-order valence-electron chi connectivity index (χ4n) is 0.965. The minimum atomic E-state index is -0.292. The van der Waals surface area contributed by atoms with Gasteiger partial charge in [-0.05, 0) is 24.3 Å². The zero-order valence-corrected chi connectivity index (χ0v) is 7.54. The van der Waals surface area contributed by atoms with Crippen molar-refractivity contribution in [2.24, 2.45) is 0 Å². The van der Waals surface area contributed by atoms with E-state index in [9.17, 15) is 9.18 Å². The molecule has 3 nitrogen and oxygen atoms in total. The highest BCUT2D eigenvalue weighted by molar-refractivity contribution is 5.74. The zero-order valence-electron chi connectivity index (χ0n) is 7.54. The fraction of sp³-hybridized carbons (Fsp3) is 0.222. The van der Waals surface area contributed by atoms with E-state index in [2.05, 4.69) is 5.43 Å². The number of carbonyl (C=O) groups is 1. The number of benzene rings is 1. The summed E-state index contributed by atoms with van der Waals surface area (Å²) >= 11 is 0. The first-order valence-electron chi connectivity index (χ1n) is 3.86. The van der Waals surface area contributed by atoms with E-state index in [1.165, 1.54) is 24.1 Å². The molecule has 0 spiro atoms. The molecule has 70 valence electrons. The molecule has 0 unspecified atom stereocenters. The highest BCUT2D eigenvalue weighted by atomic mass is 19.1. The van der Waals surface area contributed by atoms with Crippen LogP contribution < -0.4 is 10.4 Å². The van der Waals surface area contributed by atoms with Crippen LogP contribution in [-0.4, -0.2) is 13.0 Å². The van der Waals surface area contributed by atoms with Crippen molar-refractivity contribution in [2.75, 3.05) is 12.1 Å². The molecule has 1 amide bonds. The lowest BCUT2D eigenvalue weighted by Gasteiger charge is -2.18. The van der Waals surface area contributed by atoms with Crippen LogP contribution in [0, 0.1) is 5.82 Å². The van der Waals surface area contributed by atoms with Crippen molar-refractivity contribution in [3.63, 3.8) is 0 Å². The molecule has 0 saturated heterocycles. The van der Waals surface area contributed by atoms with Crippen LogP contribution in [0.4, 0.5) is 10.1 Å². The minimum Gasteiger partial charge on any atom is -0.289 e. The quantitative estimate of drug-likeness (QED) is 0.699. The van der Waals surface area contributed by atoms with Gasteiger partial charge in [0, 0.05) is 14.0 Å². The maximum atomic E-state index is 12.5. The second-order valence-corrected chi connectivity index (χ2v) is 2.70. The van der Waals surface area contributed by atoms with Crippen LogP contribution >= 0.6 is 0 Å². The predicted octanol–water partition coefficient (Wildman–Crippen LogP) is 1.31. The van der Waals surface area contributed by atoms with Crippen LogP contribution in [0.15, 0.2) is 24.3 Å². The van der Waals surface area contributed by atoms with E-state index in [-0.39, 0.29) is 11.7 Å². The molecule has 1 aromatic carbocycles. The normalized spacial score (nSPS) is 9.46. The molecule has 0 radical (unpaired) electrons. The van der Waals surface area contributed by atoms with Crippen LogP contribution in [0.5, 0.6) is 0 Å². The summed E-state index contributed by atoms with van der Waals surface area (Å²) in [6.45, 7) is 1.42. The molecule has 0 aliphatic heterocycles. The molecule has 0 bridgehead atoms. The van der Waals surface area contributed by atoms with Gasteiger partial charge >= 0.3 is 0 Å². The van der Waals surface area contributed by atoms with Gasteiger partial charge in [0.15, 0.2) is 0 Å². The summed E-state index contributed by atoms with van der Waals surface area (Å²) in [5.74, 6) is -0.452. The Hall–Kier alpha value is -1.58. The number of anilines is 1. The molecule has 1 N–H and O–H groups in total. The standard InChI is InChI=1S/C9H11FN2O/c1-7(13)11-12(2)9-5-3-8(10)4-6-9/h3-6H,1-2H3,(H,11,13). The van der Waals surface area contributed by atoms with Crippen molar-refractivity contribution in [1.29, 1.82) is 0 Å². The topological polar surface area (TPSA) is 32.3 Å². The third-order valence-corrected chi connectivity index (χ3v) is 1.54. The summed E-state index contributed by atoms with van der Waals surface area (Å²) < 4.78 is 12.5. The number of nitrogens with one attached hydrogen (secondary N) is 1. The van der Waals surface area contributed by atoms with Gasteiger partial charge in [-0.1, -0.05) is 0 Å². The lowest BCUT2D eigenvalue weighted by molar-refractivity contribution is -0.119. The first-order chi connectivity index (χ1) is 6.09. The lowest BCUT2D eigenvalue weighted by Crippen LogP contribution is -2.37. The van der Waals surface area contributed by atoms with Crippen LogP contribution in [0.3, 0.4) is 0 Å². The number of halogens is 1. The Morgan fingerprint density at radius 3 is 2.38 bits per heavy atom. The second kappa shape index (κ2) is 3.89. The maximum Gasteiger partial charge on any atom is 0.235 e. The van der Waals surface area contributed by atoms with Crippen molar-refractivity contribution in [3.8, 4) is 0 Å². The molecule has 0 aliphatic carbocycles. The van der Waals surface area contributed by atoms with Crippen molar-refractivity contribution in [1.82, 2.24) is 5.43 Å². The Balaban J connectivity index is 2.71. The van der Waals surface area contributed by atoms with Gasteiger partial charge in [0.2, 0.25) is 5.91 Å². The lowest BCUT2D eigenvalue weighted by atomic mass is 10.3. The fourth-order valence-corrected chi connectivity index (χ4v) is 0.965. The summed E-state index contributed by atoms with van der Waals surface area (Å²) in [7, 11) is 1.69. The number of hydrogen-bond donors (Lipinski definition) is 1. The molecule has 0 aromatic heterocycles. The van der Waals surface area contributed by atoms with Gasteiger partial charge in [0.05, 0.1) is 5.69 Å². The average molecular weight is 182 g/mol. The first-order valence-corrected chi connectivity index (χ1v) is 3.86. The molecule has 13 heavy (non-hydrogen) atoms. The van der Waals surface area contributed by atoms with E-state index in [1.54, 1.807) is 19.2 Å². The Morgan fingerprint density at radius 1 is 1.38 bits per heavy atom. The van der Waals surface area contributed by atoms with E-state index in [0.29, 0.717) is 0 Å². The van der Waals surface area contributed by atoms with E-state index in [1.807, 2.05) is 0 Å². The van der Waals surface area contributed by atoms with Crippen LogP contribution in [-0.2, 0) is 4.79 Å². The Kier molecular flexibility index (Phi) is 2.84. The number of amides is 1. The van der Waals surface area contributed by atoms with Gasteiger partial charge in [-0.15, -0.1) is 0 Å². The number of nitrogens with zero attached hydrogens (tertiary/aromatic N) is 1. The smallest absolute Gasteiger partial charge is 0.235 e. The predicted molar refractivity (Wildman–Crippen MR) is 48.6 cm³/mol. The van der Waals surface area contributed by atoms with E-state index < -0.39 is 0 Å². The molecule has 0 fully saturated rings. The monoisotopic (exact) mass is 182 g/mol. The molecule has 1 rings (SSSR count). The highest BCUT2D eigenvalue weighted by Gasteiger charge is 2.00. The Morgan fingerprint density at radius 2 is 1.92 bits per heavy atom. The maximum absolute atomic E-state index is 12.5. The third-order valence-electron chi connectivity index (χ3n) is 1.54. The largest absolute Gasteiger partial charge is 0.289 e. The van der Waals surface area contributed by atoms with Gasteiger partial charge in [-0.25, -0.2) is 4.39 Å². The third kappa shape index (κ3) is 2.74. The second-order valence-electron chi connectivity index (χ2n) is 2.70. The number of hydrogen-bond acceptors (Lipinski definition) is 2. The molecule has 0 atom stereocenters. The molecule has 0 saturated carbocycles. The van der Waals surface area contributed by atoms with E-state index in [0.717, 1.165) is 5.69 Å². The molecular formula is C9H11FN2O. The van der Waals surface area contributed by atoms with E-state index >= 15 is 0 Å². The SMILES string of the molecule is CC(=O)NN(C)c1ccc(F)cc1. The summed E-state index contributed by atoms with van der Waals surface area (Å²) in [6.07, 6.45) is 0. The summed E-state index contributed by atoms with van der Waals surface area (Å²) in [6, 6.07) is 5.86. The van der Waals surface area contributed by atoms with Crippen LogP contribution in [0.25, 0.3) is 0 Å². The van der Waals surface area contributed by atoms with Gasteiger partial charge < -0.3 is 0 Å². The Bertz CT molecular complexity index is 297. The molecule has 0 aliphatic rings. The van der Waals surface area contributed by atoms with Crippen LogP contribution in [0.2, 0.25) is 0 Å². The summed E-state index contributed by atoms with van der Waals surface area (Å²) in [5, 5.41) is 1.53. The molecule has 4 heteroatoms. The zero-order chi connectivity index (χ0) is 9.84. The highest BCUT2D eigenvalue weighted by Crippen LogP contribution is 2.10. The van der Waals surface area contributed by atoms with Gasteiger partial charge in [-0.3, -0.25) is 15.2 Å². The Labute approximate surface area is 76.1 Å². The van der Waals surface area contributed by atoms with Crippen molar-refractivity contribution >= 4 is 11.6 Å². The minimum absolute atomic E-state index is 0.160. The summed E-state index contributed by atoms with van der Waals surface area (Å²) in [5.41, 5.74) is 3.28. The van der Waals surface area contributed by atoms with Gasteiger partial charge in [0.25, 0.3) is 0 Å². The molecule has 0 heterocycles. The summed E-state index contributed by atoms with van der Waals surface area (Å²) in [4.78, 5) is 10.7. The number of carbonyl (C=O) groups excluding carboxylic acids is 1. The van der Waals surface area contributed by atoms with Crippen molar-refractivity contribution in [2.45, 2.75) is 6.92 Å². The van der Waals surface area contributed by atoms with Crippen molar-refractivity contribution in [3.05, 3.63) is 30.1 Å². The number of hydrazine groups is 1. The van der Waals surface area contributed by atoms with Crippen LogP contribution in [0.1, 0.15) is 6.92 Å². The average Bonchev–Trinajstić information content (AvgIpc) is 2.04. The molecule has 1 aromatic rings. The van der Waals surface area contributed by atoms with Gasteiger partial charge in [0.1, 0.15) is 5.82 Å². The van der Waals surface area contributed by atoms with Crippen molar-refractivity contribution < 1.29 is 9.18 Å².